The number of amides is 1. The van der Waals surface area contributed by atoms with Crippen LogP contribution in [0, 0.1) is 19.8 Å². The number of nitrogens with zero attached hydrogens (tertiary/aromatic N) is 6. The molecule has 1 saturated heterocycles. The van der Waals surface area contributed by atoms with E-state index in [4.69, 9.17) is 9.72 Å². The van der Waals surface area contributed by atoms with Crippen molar-refractivity contribution in [3.63, 3.8) is 0 Å². The molecule has 49 heavy (non-hydrogen) atoms. The zero-order chi connectivity index (χ0) is 34.1. The second kappa shape index (κ2) is 13.7. The van der Waals surface area contributed by atoms with E-state index in [1.807, 2.05) is 32.0 Å². The van der Waals surface area contributed by atoms with Crippen LogP contribution < -0.4 is 14.4 Å². The molecule has 0 unspecified atom stereocenters. The Morgan fingerprint density at radius 1 is 0.939 bits per heavy atom. The van der Waals surface area contributed by atoms with Gasteiger partial charge in [-0.15, -0.1) is 0 Å². The van der Waals surface area contributed by atoms with Crippen LogP contribution in [0.15, 0.2) is 65.8 Å². The molecule has 11 nitrogen and oxygen atoms in total. The van der Waals surface area contributed by atoms with Gasteiger partial charge in [-0.3, -0.25) is 9.78 Å². The Balaban J connectivity index is 1.33. The summed E-state index contributed by atoms with van der Waals surface area (Å²) in [6.07, 6.45) is 10.9. The molecule has 1 aliphatic carbocycles. The second-order valence-electron chi connectivity index (χ2n) is 13.7. The van der Waals surface area contributed by atoms with Crippen LogP contribution in [0.4, 0.5) is 11.8 Å². The lowest BCUT2D eigenvalue weighted by atomic mass is 9.97. The number of sulfonamides is 1. The highest BCUT2D eigenvalue weighted by molar-refractivity contribution is 7.92. The fraction of sp³-hybridized carbons (Fsp3) is 0.432. The summed E-state index contributed by atoms with van der Waals surface area (Å²) in [5.74, 6) is 1.07. The average molecular weight is 682 g/mol. The van der Waals surface area contributed by atoms with Crippen LogP contribution in [0.1, 0.15) is 79.0 Å². The Hall–Kier alpha value is -4.58. The fourth-order valence-electron chi connectivity index (χ4n) is 7.55. The van der Waals surface area contributed by atoms with Crippen LogP contribution in [-0.4, -0.2) is 64.4 Å². The first kappa shape index (κ1) is 32.9. The highest BCUT2D eigenvalue weighted by Gasteiger charge is 2.32. The van der Waals surface area contributed by atoms with Gasteiger partial charge in [0, 0.05) is 29.8 Å². The number of fused-ring (bicyclic) bond motifs is 4. The quantitative estimate of drug-likeness (QED) is 0.248. The molecule has 3 aliphatic rings. The van der Waals surface area contributed by atoms with Gasteiger partial charge in [-0.2, -0.15) is 4.98 Å². The van der Waals surface area contributed by atoms with Gasteiger partial charge in [-0.1, -0.05) is 49.9 Å². The molecular formula is C37H43N7O4S. The van der Waals surface area contributed by atoms with Crippen molar-refractivity contribution in [3.8, 4) is 17.1 Å². The Bertz CT molecular complexity index is 1940. The largest absolute Gasteiger partial charge is 0.475 e. The van der Waals surface area contributed by atoms with E-state index in [-0.39, 0.29) is 47.4 Å². The number of anilines is 2. The lowest BCUT2D eigenvalue weighted by molar-refractivity contribution is 0.0542. The van der Waals surface area contributed by atoms with E-state index in [2.05, 4.69) is 31.5 Å². The number of nitrogens with one attached hydrogen (secondary N) is 1. The van der Waals surface area contributed by atoms with E-state index < -0.39 is 10.0 Å². The number of aromatic nitrogens is 4. The van der Waals surface area contributed by atoms with Crippen LogP contribution >= 0.6 is 0 Å². The minimum Gasteiger partial charge on any atom is -0.475 e. The number of hydrogen-bond acceptors (Lipinski definition) is 9. The molecule has 1 N–H and O–H groups in total. The minimum atomic E-state index is -4.16. The first-order valence-corrected chi connectivity index (χ1v) is 18.7. The maximum absolute atomic E-state index is 14.6. The van der Waals surface area contributed by atoms with Gasteiger partial charge in [-0.05, 0) is 75.3 Å². The van der Waals surface area contributed by atoms with Crippen molar-refractivity contribution in [2.45, 2.75) is 89.2 Å². The predicted octanol–water partition coefficient (Wildman–Crippen LogP) is 6.32. The Morgan fingerprint density at radius 3 is 2.47 bits per heavy atom. The normalized spacial score (nSPS) is 21.0. The third kappa shape index (κ3) is 7.10. The average Bonchev–Trinajstić information content (AvgIpc) is 3.76. The van der Waals surface area contributed by atoms with E-state index in [9.17, 15) is 13.2 Å². The Kier molecular flexibility index (Phi) is 9.23. The summed E-state index contributed by atoms with van der Waals surface area (Å²) in [6.45, 7) is 7.45. The van der Waals surface area contributed by atoms with Gasteiger partial charge in [0.25, 0.3) is 15.9 Å². The molecule has 2 atom stereocenters. The number of carbonyl (C=O) groups excluding carboxylic acids is 1. The fourth-order valence-corrected chi connectivity index (χ4v) is 8.54. The van der Waals surface area contributed by atoms with E-state index >= 15 is 0 Å². The second-order valence-corrected chi connectivity index (χ2v) is 15.3. The van der Waals surface area contributed by atoms with Crippen molar-refractivity contribution < 1.29 is 17.9 Å². The highest BCUT2D eigenvalue weighted by Crippen LogP contribution is 2.33. The number of rotatable bonds is 6. The number of hydrogen-bond donors (Lipinski definition) is 1. The maximum Gasteiger partial charge on any atom is 0.264 e. The van der Waals surface area contributed by atoms with Crippen molar-refractivity contribution in [2.75, 3.05) is 22.8 Å². The Morgan fingerprint density at radius 2 is 1.71 bits per heavy atom. The van der Waals surface area contributed by atoms with E-state index in [1.165, 1.54) is 12.1 Å². The summed E-state index contributed by atoms with van der Waals surface area (Å²) in [5.41, 5.74) is 4.34. The van der Waals surface area contributed by atoms with Crippen molar-refractivity contribution in [1.82, 2.24) is 24.8 Å². The maximum atomic E-state index is 14.6. The molecule has 2 aromatic heterocycles. The summed E-state index contributed by atoms with van der Waals surface area (Å²) in [4.78, 5) is 37.3. The molecule has 0 radical (unpaired) electrons. The zero-order valence-electron chi connectivity index (χ0n) is 28.3. The van der Waals surface area contributed by atoms with Crippen LogP contribution in [0.3, 0.4) is 0 Å². The number of aryl methyl sites for hydroxylation is 2. The van der Waals surface area contributed by atoms with Crippen molar-refractivity contribution in [1.29, 1.82) is 0 Å². The van der Waals surface area contributed by atoms with Gasteiger partial charge in [-0.25, -0.2) is 23.1 Å². The molecule has 1 amide bonds. The SMILES string of the molecule is Cc1cccc(C)c1-c1cc2nc(n1)NS(=O)(=O)c1cccc(c1)C(=O)N(Cc1cncc(N3CCC[C@H]3C)n1)[C@H](CC1CCCC1)CO2. The summed E-state index contributed by atoms with van der Waals surface area (Å²) in [7, 11) is -4.16. The third-order valence-electron chi connectivity index (χ3n) is 10.1. The monoisotopic (exact) mass is 681 g/mol. The third-order valence-corrected chi connectivity index (χ3v) is 11.4. The lowest BCUT2D eigenvalue weighted by Gasteiger charge is -2.33. The molecule has 256 valence electrons. The molecule has 1 saturated carbocycles. The van der Waals surface area contributed by atoms with Gasteiger partial charge >= 0.3 is 0 Å². The lowest BCUT2D eigenvalue weighted by Crippen LogP contribution is -2.44. The van der Waals surface area contributed by atoms with Crippen molar-refractivity contribution in [2.24, 2.45) is 5.92 Å². The standard InChI is InChI=1S/C37H43N7O4S/c1-24-9-6-10-25(2)35(24)32-19-34-41-37(40-32)42-49(46,47)31-15-7-14-28(18-31)36(45)44(30(23-48-34)17-27-12-4-5-13-27)22-29-20-38-21-33(39-29)43-16-8-11-26(43)3/h6-7,9-10,14-15,18-21,26-27,30H,4-5,8,11-13,16-17,22-23H2,1-3H3,(H,40,41,42)/t26-,30-/m1/s1. The molecule has 4 bridgehead atoms. The zero-order valence-corrected chi connectivity index (χ0v) is 29.1. The molecule has 2 fully saturated rings. The summed E-state index contributed by atoms with van der Waals surface area (Å²) in [5, 5.41) is 0. The summed E-state index contributed by atoms with van der Waals surface area (Å²) in [6, 6.07) is 13.9. The molecule has 4 aromatic rings. The smallest absolute Gasteiger partial charge is 0.264 e. The first-order valence-electron chi connectivity index (χ1n) is 17.2. The van der Waals surface area contributed by atoms with Gasteiger partial charge in [0.05, 0.1) is 41.3 Å². The van der Waals surface area contributed by atoms with Crippen LogP contribution in [0.25, 0.3) is 11.3 Å². The van der Waals surface area contributed by atoms with E-state index in [1.54, 1.807) is 35.5 Å². The van der Waals surface area contributed by atoms with Crippen LogP contribution in [0.2, 0.25) is 0 Å². The number of carbonyl (C=O) groups is 1. The molecular weight excluding hydrogens is 639 g/mol. The molecule has 7 rings (SSSR count). The minimum absolute atomic E-state index is 0.0572. The summed E-state index contributed by atoms with van der Waals surface area (Å²) >= 11 is 0. The molecule has 4 heterocycles. The van der Waals surface area contributed by atoms with Crippen molar-refractivity contribution in [3.05, 3.63) is 83.3 Å². The predicted molar refractivity (Wildman–Crippen MR) is 188 cm³/mol. The number of benzene rings is 2. The molecule has 12 heteroatoms. The topological polar surface area (TPSA) is 131 Å². The highest BCUT2D eigenvalue weighted by atomic mass is 32.2. The summed E-state index contributed by atoms with van der Waals surface area (Å²) < 4.78 is 36.5. The van der Waals surface area contributed by atoms with Crippen LogP contribution in [-0.2, 0) is 16.6 Å². The van der Waals surface area contributed by atoms with E-state index in [0.717, 1.165) is 74.0 Å². The van der Waals surface area contributed by atoms with Gasteiger partial charge < -0.3 is 14.5 Å². The van der Waals surface area contributed by atoms with Gasteiger partial charge in [0.15, 0.2) is 0 Å². The molecule has 2 aromatic carbocycles. The Labute approximate surface area is 288 Å². The molecule has 2 aliphatic heterocycles. The van der Waals surface area contributed by atoms with Crippen LogP contribution in [0.5, 0.6) is 5.88 Å². The first-order chi connectivity index (χ1) is 23.6. The van der Waals surface area contributed by atoms with E-state index in [0.29, 0.717) is 23.3 Å². The van der Waals surface area contributed by atoms with Crippen molar-refractivity contribution >= 4 is 27.7 Å². The van der Waals surface area contributed by atoms with Gasteiger partial charge in [0.1, 0.15) is 12.4 Å². The van der Waals surface area contributed by atoms with Gasteiger partial charge in [0.2, 0.25) is 11.8 Å². The molecule has 0 spiro atoms. The number of ether oxygens (including phenoxy) is 1.